The highest BCUT2D eigenvalue weighted by Gasteiger charge is 2.42. The van der Waals surface area contributed by atoms with E-state index in [0.717, 1.165) is 27.8 Å². The Labute approximate surface area is 248 Å². The molecule has 6 rings (SSSR count). The number of likely N-dealkylation sites (tertiary alicyclic amines) is 1. The summed E-state index contributed by atoms with van der Waals surface area (Å²) in [6.45, 7) is 6.84. The summed E-state index contributed by atoms with van der Waals surface area (Å²) in [7, 11) is 0. The number of benzene rings is 2. The molecule has 42 heavy (non-hydrogen) atoms. The monoisotopic (exact) mass is 586 g/mol. The van der Waals surface area contributed by atoms with Crippen molar-refractivity contribution in [2.75, 3.05) is 18.4 Å². The zero-order valence-corrected chi connectivity index (χ0v) is 24.3. The van der Waals surface area contributed by atoms with Crippen LogP contribution in [0.4, 0.5) is 16.3 Å². The fraction of sp³-hybridized carbons (Fsp3) is 0.323. The van der Waals surface area contributed by atoms with Crippen LogP contribution in [0.1, 0.15) is 32.0 Å². The van der Waals surface area contributed by atoms with Crippen molar-refractivity contribution in [2.24, 2.45) is 4.99 Å². The molecule has 2 aliphatic heterocycles. The molecule has 2 unspecified atom stereocenters. The number of carbonyl (C=O) groups is 1. The number of aromatic nitrogens is 3. The Kier molecular flexibility index (Phi) is 7.55. The number of aliphatic imine (C=N–C) groups is 1. The average Bonchev–Trinajstić information content (AvgIpc) is 3.52. The van der Waals surface area contributed by atoms with E-state index in [2.05, 4.69) is 20.3 Å². The molecule has 216 valence electrons. The van der Waals surface area contributed by atoms with Crippen molar-refractivity contribution in [3.8, 4) is 5.75 Å². The first kappa shape index (κ1) is 27.7. The third-order valence-electron chi connectivity index (χ3n) is 6.84. The van der Waals surface area contributed by atoms with E-state index in [1.165, 1.54) is 6.33 Å². The summed E-state index contributed by atoms with van der Waals surface area (Å²) in [6.07, 6.45) is 3.29. The summed E-state index contributed by atoms with van der Waals surface area (Å²) in [5.74, 6) is 1.88. The van der Waals surface area contributed by atoms with Gasteiger partial charge in [-0.25, -0.2) is 19.8 Å². The maximum atomic E-state index is 12.4. The van der Waals surface area contributed by atoms with Gasteiger partial charge in [0.15, 0.2) is 5.90 Å². The zero-order valence-electron chi connectivity index (χ0n) is 23.6. The number of anilines is 2. The predicted molar refractivity (Wildman–Crippen MR) is 160 cm³/mol. The Morgan fingerprint density at radius 2 is 1.98 bits per heavy atom. The van der Waals surface area contributed by atoms with Gasteiger partial charge in [-0.1, -0.05) is 23.7 Å². The highest BCUT2D eigenvalue weighted by atomic mass is 35.5. The number of fused-ring (bicyclic) bond motifs is 2. The van der Waals surface area contributed by atoms with Gasteiger partial charge in [-0.2, -0.15) is 0 Å². The number of ether oxygens (including phenoxy) is 3. The standard InChI is InChI=1S/C31H31ClN6O4/c1-31(2,3)42-30(39)38-15-25-27(16-38)41-28(37-25)13-19-7-9-24-22(12-19)29(35-18-34-24)36-20-8-10-26(23(32)14-20)40-17-21-6-4-5-11-33-21/h4-12,14,18,25,27H,13,15-17H2,1-3H3,(H,34,35,36). The molecular weight excluding hydrogens is 556 g/mol. The van der Waals surface area contributed by atoms with Gasteiger partial charge >= 0.3 is 6.09 Å². The van der Waals surface area contributed by atoms with Crippen LogP contribution in [0.25, 0.3) is 10.9 Å². The molecule has 4 heterocycles. The smallest absolute Gasteiger partial charge is 0.410 e. The Bertz CT molecular complexity index is 1640. The lowest BCUT2D eigenvalue weighted by Crippen LogP contribution is -2.36. The molecule has 10 nitrogen and oxygen atoms in total. The van der Waals surface area contributed by atoms with E-state index >= 15 is 0 Å². The molecule has 2 atom stereocenters. The Morgan fingerprint density at radius 3 is 2.74 bits per heavy atom. The van der Waals surface area contributed by atoms with Crippen molar-refractivity contribution in [1.82, 2.24) is 19.9 Å². The topological polar surface area (TPSA) is 111 Å². The van der Waals surface area contributed by atoms with Crippen LogP contribution in [-0.4, -0.2) is 62.7 Å². The van der Waals surface area contributed by atoms with E-state index < -0.39 is 5.60 Å². The van der Waals surface area contributed by atoms with Gasteiger partial charge in [-0.3, -0.25) is 4.98 Å². The van der Waals surface area contributed by atoms with E-state index in [0.29, 0.717) is 48.6 Å². The van der Waals surface area contributed by atoms with Crippen LogP contribution >= 0.6 is 11.6 Å². The molecule has 11 heteroatoms. The summed E-state index contributed by atoms with van der Waals surface area (Å²) in [5, 5.41) is 4.69. The van der Waals surface area contributed by atoms with Crippen LogP contribution in [0.2, 0.25) is 5.02 Å². The number of nitrogens with one attached hydrogen (secondary N) is 1. The maximum Gasteiger partial charge on any atom is 0.410 e. The van der Waals surface area contributed by atoms with Gasteiger partial charge in [0.1, 0.15) is 42.2 Å². The molecule has 2 aromatic carbocycles. The number of amides is 1. The maximum absolute atomic E-state index is 12.4. The molecule has 1 N–H and O–H groups in total. The first-order valence-electron chi connectivity index (χ1n) is 13.7. The lowest BCUT2D eigenvalue weighted by atomic mass is 10.1. The number of halogens is 1. The van der Waals surface area contributed by atoms with Crippen LogP contribution < -0.4 is 10.1 Å². The zero-order chi connectivity index (χ0) is 29.3. The summed E-state index contributed by atoms with van der Waals surface area (Å²) < 4.78 is 17.5. The average molecular weight is 587 g/mol. The first-order chi connectivity index (χ1) is 20.2. The molecule has 1 saturated heterocycles. The number of hydrogen-bond donors (Lipinski definition) is 1. The lowest BCUT2D eigenvalue weighted by molar-refractivity contribution is 0.0271. The normalized spacial score (nSPS) is 17.9. The minimum Gasteiger partial charge on any atom is -0.486 e. The van der Waals surface area contributed by atoms with Gasteiger partial charge in [0.2, 0.25) is 0 Å². The Morgan fingerprint density at radius 1 is 1.10 bits per heavy atom. The quantitative estimate of drug-likeness (QED) is 0.282. The number of nitrogens with zero attached hydrogens (tertiary/aromatic N) is 5. The molecule has 0 spiro atoms. The number of hydrogen-bond acceptors (Lipinski definition) is 9. The highest BCUT2D eigenvalue weighted by molar-refractivity contribution is 6.32. The largest absolute Gasteiger partial charge is 0.486 e. The molecule has 1 fully saturated rings. The molecule has 2 aliphatic rings. The van der Waals surface area contributed by atoms with Crippen LogP contribution in [0.3, 0.4) is 0 Å². The molecule has 1 amide bonds. The fourth-order valence-electron chi connectivity index (χ4n) is 4.91. The van der Waals surface area contributed by atoms with Crippen molar-refractivity contribution in [3.63, 3.8) is 0 Å². The van der Waals surface area contributed by atoms with E-state index in [1.807, 2.05) is 69.3 Å². The Hall–Kier alpha value is -4.44. The SMILES string of the molecule is CC(C)(C)OC(=O)N1CC2N=C(Cc3ccc4ncnc(Nc5ccc(OCc6ccccn6)c(Cl)c5)c4c3)OC2C1. The molecule has 2 aromatic heterocycles. The van der Waals surface area contributed by atoms with Gasteiger partial charge in [0, 0.05) is 23.7 Å². The van der Waals surface area contributed by atoms with Crippen molar-refractivity contribution < 1.29 is 19.0 Å². The van der Waals surface area contributed by atoms with Gasteiger partial charge < -0.3 is 24.4 Å². The molecule has 0 aliphatic carbocycles. The summed E-state index contributed by atoms with van der Waals surface area (Å²) in [5.41, 5.74) is 2.86. The first-order valence-corrected chi connectivity index (χ1v) is 14.1. The number of rotatable bonds is 7. The molecule has 0 bridgehead atoms. The van der Waals surface area contributed by atoms with Crippen molar-refractivity contribution in [2.45, 2.75) is 51.5 Å². The van der Waals surface area contributed by atoms with Crippen LogP contribution in [0.5, 0.6) is 5.75 Å². The molecule has 4 aromatic rings. The van der Waals surface area contributed by atoms with E-state index in [1.54, 1.807) is 17.2 Å². The van der Waals surface area contributed by atoms with Gasteiger partial charge in [-0.15, -0.1) is 0 Å². The van der Waals surface area contributed by atoms with Crippen molar-refractivity contribution >= 4 is 46.0 Å². The van der Waals surface area contributed by atoms with Crippen LogP contribution in [-0.2, 0) is 22.5 Å². The van der Waals surface area contributed by atoms with E-state index in [9.17, 15) is 4.79 Å². The highest BCUT2D eigenvalue weighted by Crippen LogP contribution is 2.32. The summed E-state index contributed by atoms with van der Waals surface area (Å²) >= 11 is 6.52. The number of carbonyl (C=O) groups excluding carboxylic acids is 1. The summed E-state index contributed by atoms with van der Waals surface area (Å²) in [6, 6.07) is 17.1. The van der Waals surface area contributed by atoms with Gasteiger partial charge in [0.25, 0.3) is 0 Å². The van der Waals surface area contributed by atoms with Crippen LogP contribution in [0.15, 0.2) is 72.1 Å². The third-order valence-corrected chi connectivity index (χ3v) is 7.13. The molecule has 0 radical (unpaired) electrons. The fourth-order valence-corrected chi connectivity index (χ4v) is 5.14. The van der Waals surface area contributed by atoms with E-state index in [-0.39, 0.29) is 18.2 Å². The van der Waals surface area contributed by atoms with Crippen LogP contribution in [0, 0.1) is 0 Å². The molecule has 0 saturated carbocycles. The third kappa shape index (κ3) is 6.38. The second kappa shape index (κ2) is 11.4. The second-order valence-electron chi connectivity index (χ2n) is 11.3. The number of pyridine rings is 1. The van der Waals surface area contributed by atoms with Crippen molar-refractivity contribution in [1.29, 1.82) is 0 Å². The minimum atomic E-state index is -0.540. The predicted octanol–water partition coefficient (Wildman–Crippen LogP) is 5.96. The second-order valence-corrected chi connectivity index (χ2v) is 11.7. The minimum absolute atomic E-state index is 0.0887. The lowest BCUT2D eigenvalue weighted by Gasteiger charge is -2.24. The van der Waals surface area contributed by atoms with Gasteiger partial charge in [0.05, 0.1) is 29.3 Å². The van der Waals surface area contributed by atoms with E-state index in [4.69, 9.17) is 30.8 Å². The van der Waals surface area contributed by atoms with Crippen molar-refractivity contribution in [3.05, 3.63) is 83.4 Å². The summed E-state index contributed by atoms with van der Waals surface area (Å²) in [4.78, 5) is 32.0. The van der Waals surface area contributed by atoms with Gasteiger partial charge in [-0.05, 0) is 68.8 Å². The molecular formula is C31H31ClN6O4. The Balaban J connectivity index is 1.12.